The van der Waals surface area contributed by atoms with Crippen LogP contribution in [0, 0.1) is 17.1 Å². The molecule has 0 saturated heterocycles. The minimum Gasteiger partial charge on any atom is -0.370 e. The van der Waals surface area contributed by atoms with Crippen molar-refractivity contribution in [3.05, 3.63) is 34.9 Å². The number of nitrogens with one attached hydrogen (secondary N) is 3. The van der Waals surface area contributed by atoms with Crippen LogP contribution in [0.2, 0.25) is 0 Å². The summed E-state index contributed by atoms with van der Waals surface area (Å²) in [5.74, 6) is 0.798. The Morgan fingerprint density at radius 3 is 2.71 bits per heavy atom. The van der Waals surface area contributed by atoms with Gasteiger partial charge in [0.1, 0.15) is 5.82 Å². The largest absolute Gasteiger partial charge is 0.370 e. The van der Waals surface area contributed by atoms with Crippen molar-refractivity contribution in [2.45, 2.75) is 6.92 Å². The van der Waals surface area contributed by atoms with E-state index in [1.54, 1.807) is 0 Å². The number of aromatic nitrogens is 3. The maximum atomic E-state index is 6.72. The minimum absolute atomic E-state index is 0.555. The van der Waals surface area contributed by atoms with Gasteiger partial charge in [-0.3, -0.25) is 15.1 Å². The summed E-state index contributed by atoms with van der Waals surface area (Å²) in [6, 6.07) is 7.42. The van der Waals surface area contributed by atoms with E-state index in [2.05, 4.69) is 20.5 Å². The van der Waals surface area contributed by atoms with E-state index in [-0.39, 0.29) is 0 Å². The first-order valence-electron chi connectivity index (χ1n) is 4.87. The zero-order valence-corrected chi connectivity index (χ0v) is 9.91. The fourth-order valence-electron chi connectivity index (χ4n) is 1.46. The molecule has 0 saturated carbocycles. The van der Waals surface area contributed by atoms with Crippen LogP contribution < -0.4 is 5.48 Å². The van der Waals surface area contributed by atoms with Gasteiger partial charge in [0.25, 0.3) is 0 Å². The molecule has 2 aromatic rings. The third kappa shape index (κ3) is 2.34. The van der Waals surface area contributed by atoms with Crippen molar-refractivity contribution in [1.29, 1.82) is 5.41 Å². The van der Waals surface area contributed by atoms with Crippen LogP contribution in [0.3, 0.4) is 0 Å². The molecule has 1 aromatic heterocycles. The Kier molecular flexibility index (Phi) is 3.20. The standard InChI is InChI=1S/C10H11N5OS/c1-7-12-13-10(17)15(7)9-4-2-8(3-5-9)14-16-6-11/h2-6,11,14H,1H3,(H,13,17). The molecule has 7 heteroatoms. The third-order valence-corrected chi connectivity index (χ3v) is 2.48. The first-order valence-corrected chi connectivity index (χ1v) is 5.28. The number of hydrogen-bond acceptors (Lipinski definition) is 5. The summed E-state index contributed by atoms with van der Waals surface area (Å²) < 4.78 is 2.38. The second kappa shape index (κ2) is 4.79. The molecule has 0 aliphatic rings. The highest BCUT2D eigenvalue weighted by Gasteiger charge is 2.03. The van der Waals surface area contributed by atoms with Gasteiger partial charge in [-0.15, -0.1) is 0 Å². The molecule has 0 bridgehead atoms. The van der Waals surface area contributed by atoms with Crippen molar-refractivity contribution in [1.82, 2.24) is 14.8 Å². The summed E-state index contributed by atoms with van der Waals surface area (Å²) >= 11 is 5.13. The number of aryl methyl sites for hydroxylation is 1. The minimum atomic E-state index is 0.555. The summed E-state index contributed by atoms with van der Waals surface area (Å²) in [5, 5.41) is 13.5. The fourth-order valence-corrected chi connectivity index (χ4v) is 1.74. The number of H-pyrrole nitrogens is 1. The van der Waals surface area contributed by atoms with Crippen LogP contribution in [0.4, 0.5) is 5.69 Å². The van der Waals surface area contributed by atoms with Crippen LogP contribution in [0.25, 0.3) is 5.69 Å². The SMILES string of the molecule is Cc1n[nH]c(=S)n1-c1ccc(NOC=N)cc1. The molecule has 1 heterocycles. The Labute approximate surface area is 103 Å². The first-order chi connectivity index (χ1) is 8.22. The van der Waals surface area contributed by atoms with Gasteiger partial charge < -0.3 is 4.84 Å². The fraction of sp³-hybridized carbons (Fsp3) is 0.100. The maximum absolute atomic E-state index is 6.72. The van der Waals surface area contributed by atoms with E-state index in [9.17, 15) is 0 Å². The number of hydrogen-bond donors (Lipinski definition) is 3. The summed E-state index contributed by atoms with van der Waals surface area (Å²) in [5.41, 5.74) is 4.27. The van der Waals surface area contributed by atoms with Gasteiger partial charge in [0, 0.05) is 5.69 Å². The second-order valence-electron chi connectivity index (χ2n) is 3.30. The van der Waals surface area contributed by atoms with Crippen LogP contribution in [-0.4, -0.2) is 21.2 Å². The molecule has 3 N–H and O–H groups in total. The lowest BCUT2D eigenvalue weighted by Gasteiger charge is -2.06. The summed E-state index contributed by atoms with van der Waals surface area (Å²) in [7, 11) is 0. The second-order valence-corrected chi connectivity index (χ2v) is 3.68. The molecule has 1 aromatic carbocycles. The highest BCUT2D eigenvalue weighted by atomic mass is 32.1. The van der Waals surface area contributed by atoms with Gasteiger partial charge in [0.15, 0.2) is 4.77 Å². The molecule has 2 rings (SSSR count). The van der Waals surface area contributed by atoms with Crippen molar-refractivity contribution in [2.24, 2.45) is 0 Å². The van der Waals surface area contributed by atoms with E-state index in [1.165, 1.54) is 0 Å². The van der Waals surface area contributed by atoms with Crippen LogP contribution in [0.1, 0.15) is 5.82 Å². The monoisotopic (exact) mass is 249 g/mol. The van der Waals surface area contributed by atoms with E-state index in [0.29, 0.717) is 4.77 Å². The molecule has 0 aliphatic carbocycles. The predicted octanol–water partition coefficient (Wildman–Crippen LogP) is 2.19. The van der Waals surface area contributed by atoms with Gasteiger partial charge >= 0.3 is 0 Å². The Morgan fingerprint density at radius 2 is 2.18 bits per heavy atom. The summed E-state index contributed by atoms with van der Waals surface area (Å²) in [6.07, 6.45) is 0.824. The first kappa shape index (κ1) is 11.3. The molecule has 0 spiro atoms. The lowest BCUT2D eigenvalue weighted by Crippen LogP contribution is -2.00. The number of rotatable bonds is 4. The normalized spacial score (nSPS) is 9.94. The Balaban J connectivity index is 2.29. The molecule has 17 heavy (non-hydrogen) atoms. The summed E-state index contributed by atoms with van der Waals surface area (Å²) in [6.45, 7) is 1.87. The topological polar surface area (TPSA) is 78.7 Å². The molecule has 0 amide bonds. The Morgan fingerprint density at radius 1 is 1.47 bits per heavy atom. The van der Waals surface area contributed by atoms with Crippen molar-refractivity contribution < 1.29 is 4.84 Å². The number of aromatic amines is 1. The maximum Gasteiger partial charge on any atom is 0.201 e. The van der Waals surface area contributed by atoms with Crippen molar-refractivity contribution in [3.8, 4) is 5.69 Å². The lowest BCUT2D eigenvalue weighted by atomic mass is 10.3. The van der Waals surface area contributed by atoms with E-state index < -0.39 is 0 Å². The van der Waals surface area contributed by atoms with Gasteiger partial charge in [0.05, 0.1) is 5.69 Å². The molecular formula is C10H11N5OS. The summed E-state index contributed by atoms with van der Waals surface area (Å²) in [4.78, 5) is 4.64. The average molecular weight is 249 g/mol. The predicted molar refractivity (Wildman–Crippen MR) is 67.0 cm³/mol. The van der Waals surface area contributed by atoms with Crippen molar-refractivity contribution >= 4 is 24.3 Å². The van der Waals surface area contributed by atoms with Crippen LogP contribution in [0.5, 0.6) is 0 Å². The zero-order valence-electron chi connectivity index (χ0n) is 9.10. The molecule has 0 radical (unpaired) electrons. The molecule has 0 aliphatic heterocycles. The van der Waals surface area contributed by atoms with Gasteiger partial charge in [-0.1, -0.05) is 0 Å². The Bertz CT molecular complexity index is 571. The lowest BCUT2D eigenvalue weighted by molar-refractivity contribution is 0.409. The van der Waals surface area contributed by atoms with E-state index in [0.717, 1.165) is 23.6 Å². The van der Waals surface area contributed by atoms with Gasteiger partial charge in [-0.2, -0.15) is 5.10 Å². The van der Waals surface area contributed by atoms with Crippen LogP contribution in [-0.2, 0) is 4.84 Å². The zero-order chi connectivity index (χ0) is 12.3. The molecule has 0 atom stereocenters. The van der Waals surface area contributed by atoms with Gasteiger partial charge in [-0.25, -0.2) is 5.48 Å². The third-order valence-electron chi connectivity index (χ3n) is 2.20. The molecular weight excluding hydrogens is 238 g/mol. The van der Waals surface area contributed by atoms with Crippen LogP contribution >= 0.6 is 12.2 Å². The average Bonchev–Trinajstić information content (AvgIpc) is 2.67. The van der Waals surface area contributed by atoms with E-state index in [4.69, 9.17) is 17.6 Å². The number of nitrogens with zero attached hydrogens (tertiary/aromatic N) is 2. The number of anilines is 1. The molecule has 88 valence electrons. The molecule has 0 fully saturated rings. The van der Waals surface area contributed by atoms with E-state index in [1.807, 2.05) is 35.8 Å². The van der Waals surface area contributed by atoms with Crippen molar-refractivity contribution in [2.75, 3.05) is 5.48 Å². The van der Waals surface area contributed by atoms with E-state index >= 15 is 0 Å². The highest BCUT2D eigenvalue weighted by molar-refractivity contribution is 7.71. The Hall–Kier alpha value is -2.15. The smallest absolute Gasteiger partial charge is 0.201 e. The number of benzene rings is 1. The molecule has 0 unspecified atom stereocenters. The highest BCUT2D eigenvalue weighted by Crippen LogP contribution is 2.14. The van der Waals surface area contributed by atoms with Crippen LogP contribution in [0.15, 0.2) is 24.3 Å². The van der Waals surface area contributed by atoms with Gasteiger partial charge in [0.2, 0.25) is 6.40 Å². The quantitative estimate of drug-likeness (QED) is 0.336. The van der Waals surface area contributed by atoms with Gasteiger partial charge in [-0.05, 0) is 43.4 Å². The van der Waals surface area contributed by atoms with Crippen molar-refractivity contribution in [3.63, 3.8) is 0 Å². The molecule has 6 nitrogen and oxygen atoms in total.